The van der Waals surface area contributed by atoms with E-state index in [9.17, 15) is 4.79 Å². The molecule has 2 aromatic carbocycles. The van der Waals surface area contributed by atoms with Crippen LogP contribution in [0.5, 0.6) is 0 Å². The summed E-state index contributed by atoms with van der Waals surface area (Å²) in [6.45, 7) is 5.58. The van der Waals surface area contributed by atoms with E-state index < -0.39 is 11.7 Å². The molecule has 1 unspecified atom stereocenters. The molecule has 0 saturated carbocycles. The molecule has 0 aliphatic rings. The van der Waals surface area contributed by atoms with Gasteiger partial charge in [0.25, 0.3) is 0 Å². The van der Waals surface area contributed by atoms with Gasteiger partial charge in [0.05, 0.1) is 17.4 Å². The van der Waals surface area contributed by atoms with Crippen molar-refractivity contribution in [3.8, 4) is 0 Å². The molecular formula is C21H25N3O2. The number of nitrogens with one attached hydrogen (secondary N) is 1. The number of para-hydroxylation sites is 2. The van der Waals surface area contributed by atoms with Gasteiger partial charge in [-0.25, -0.2) is 9.78 Å². The zero-order chi connectivity index (χ0) is 18.6. The van der Waals surface area contributed by atoms with Gasteiger partial charge in [-0.2, -0.15) is 0 Å². The number of nitrogens with zero attached hydrogens (tertiary/aromatic N) is 2. The van der Waals surface area contributed by atoms with Gasteiger partial charge in [-0.05, 0) is 51.3 Å². The number of amides is 1. The van der Waals surface area contributed by atoms with Gasteiger partial charge < -0.3 is 14.6 Å². The normalized spacial score (nSPS) is 12.7. The van der Waals surface area contributed by atoms with E-state index in [-0.39, 0.29) is 6.17 Å². The summed E-state index contributed by atoms with van der Waals surface area (Å²) >= 11 is 0. The van der Waals surface area contributed by atoms with Crippen LogP contribution in [0.25, 0.3) is 11.0 Å². The second kappa shape index (κ2) is 7.60. The fourth-order valence-electron chi connectivity index (χ4n) is 2.90. The van der Waals surface area contributed by atoms with Crippen molar-refractivity contribution in [2.45, 2.75) is 45.4 Å². The lowest BCUT2D eigenvalue weighted by Gasteiger charge is -2.25. The highest BCUT2D eigenvalue weighted by atomic mass is 16.6. The van der Waals surface area contributed by atoms with Crippen LogP contribution in [0.1, 0.15) is 38.9 Å². The number of hydrogen-bond donors (Lipinski definition) is 1. The Morgan fingerprint density at radius 3 is 2.54 bits per heavy atom. The molecule has 1 amide bonds. The zero-order valence-corrected chi connectivity index (χ0v) is 15.5. The van der Waals surface area contributed by atoms with Crippen LogP contribution < -0.4 is 5.32 Å². The number of alkyl carbamates (subject to hydrolysis) is 1. The molecule has 3 rings (SSSR count). The van der Waals surface area contributed by atoms with E-state index in [0.29, 0.717) is 0 Å². The fourth-order valence-corrected chi connectivity index (χ4v) is 2.90. The minimum atomic E-state index is -0.537. The van der Waals surface area contributed by atoms with Gasteiger partial charge in [0.15, 0.2) is 0 Å². The SMILES string of the molecule is CC(C)(C)OC(=O)NC(CCc1ccccc1)n1cnc2ccccc21. The quantitative estimate of drug-likeness (QED) is 0.725. The van der Waals surface area contributed by atoms with Crippen molar-refractivity contribution >= 4 is 17.1 Å². The largest absolute Gasteiger partial charge is 0.444 e. The number of carbonyl (C=O) groups is 1. The Morgan fingerprint density at radius 1 is 1.12 bits per heavy atom. The summed E-state index contributed by atoms with van der Waals surface area (Å²) in [5.74, 6) is 0. The number of imidazole rings is 1. The second-order valence-electron chi connectivity index (χ2n) is 7.33. The predicted molar refractivity (Wildman–Crippen MR) is 103 cm³/mol. The molecule has 1 heterocycles. The molecule has 136 valence electrons. The third-order valence-electron chi connectivity index (χ3n) is 4.05. The lowest BCUT2D eigenvalue weighted by molar-refractivity contribution is 0.0479. The Morgan fingerprint density at radius 2 is 1.81 bits per heavy atom. The van der Waals surface area contributed by atoms with Crippen molar-refractivity contribution in [2.24, 2.45) is 0 Å². The minimum absolute atomic E-state index is 0.238. The van der Waals surface area contributed by atoms with E-state index in [1.54, 1.807) is 6.33 Å². The molecule has 0 saturated heterocycles. The van der Waals surface area contributed by atoms with Crippen molar-refractivity contribution in [1.82, 2.24) is 14.9 Å². The Kier molecular flexibility index (Phi) is 5.26. The van der Waals surface area contributed by atoms with Crippen LogP contribution in [0.3, 0.4) is 0 Å². The molecule has 0 fully saturated rings. The number of carbonyl (C=O) groups excluding carboxylic acids is 1. The maximum Gasteiger partial charge on any atom is 0.409 e. The first kappa shape index (κ1) is 18.0. The molecule has 3 aromatic rings. The van der Waals surface area contributed by atoms with Gasteiger partial charge in [-0.15, -0.1) is 0 Å². The van der Waals surface area contributed by atoms with E-state index in [2.05, 4.69) is 22.4 Å². The summed E-state index contributed by atoms with van der Waals surface area (Å²) in [6, 6.07) is 18.2. The monoisotopic (exact) mass is 351 g/mol. The summed E-state index contributed by atoms with van der Waals surface area (Å²) in [5, 5.41) is 3.00. The summed E-state index contributed by atoms with van der Waals surface area (Å²) < 4.78 is 7.45. The van der Waals surface area contributed by atoms with Crippen molar-refractivity contribution in [3.63, 3.8) is 0 Å². The van der Waals surface area contributed by atoms with Crippen molar-refractivity contribution < 1.29 is 9.53 Å². The number of ether oxygens (including phenoxy) is 1. The molecule has 1 N–H and O–H groups in total. The minimum Gasteiger partial charge on any atom is -0.444 e. The molecule has 5 nitrogen and oxygen atoms in total. The second-order valence-corrected chi connectivity index (χ2v) is 7.33. The topological polar surface area (TPSA) is 56.1 Å². The zero-order valence-electron chi connectivity index (χ0n) is 15.5. The van der Waals surface area contributed by atoms with Crippen LogP contribution in [-0.4, -0.2) is 21.2 Å². The maximum atomic E-state index is 12.3. The Hall–Kier alpha value is -2.82. The summed E-state index contributed by atoms with van der Waals surface area (Å²) in [6.07, 6.45) is 2.69. The molecule has 26 heavy (non-hydrogen) atoms. The van der Waals surface area contributed by atoms with Crippen LogP contribution in [0.4, 0.5) is 4.79 Å². The van der Waals surface area contributed by atoms with Gasteiger partial charge in [-0.3, -0.25) is 0 Å². The lowest BCUT2D eigenvalue weighted by Crippen LogP contribution is -2.37. The van der Waals surface area contributed by atoms with Crippen LogP contribution in [0.2, 0.25) is 0 Å². The number of rotatable bonds is 5. The Balaban J connectivity index is 1.82. The number of benzene rings is 2. The highest BCUT2D eigenvalue weighted by Crippen LogP contribution is 2.21. The summed E-state index contributed by atoms with van der Waals surface area (Å²) in [4.78, 5) is 16.8. The predicted octanol–water partition coefficient (Wildman–Crippen LogP) is 4.69. The molecule has 0 bridgehead atoms. The van der Waals surface area contributed by atoms with Crippen LogP contribution in [0, 0.1) is 0 Å². The third kappa shape index (κ3) is 4.63. The summed E-state index contributed by atoms with van der Waals surface area (Å²) in [5.41, 5.74) is 2.59. The number of fused-ring (bicyclic) bond motifs is 1. The van der Waals surface area contributed by atoms with Gasteiger partial charge in [0, 0.05) is 0 Å². The van der Waals surface area contributed by atoms with E-state index in [0.717, 1.165) is 23.9 Å². The third-order valence-corrected chi connectivity index (χ3v) is 4.05. The van der Waals surface area contributed by atoms with Gasteiger partial charge in [0.2, 0.25) is 0 Å². The van der Waals surface area contributed by atoms with E-state index in [1.165, 1.54) is 5.56 Å². The Bertz CT molecular complexity index is 866. The van der Waals surface area contributed by atoms with Gasteiger partial charge in [-0.1, -0.05) is 42.5 Å². The number of aromatic nitrogens is 2. The van der Waals surface area contributed by atoms with Gasteiger partial charge in [0.1, 0.15) is 11.8 Å². The average molecular weight is 351 g/mol. The molecule has 0 spiro atoms. The van der Waals surface area contributed by atoms with Crippen molar-refractivity contribution in [2.75, 3.05) is 0 Å². The molecule has 0 radical (unpaired) electrons. The van der Waals surface area contributed by atoms with E-state index in [1.807, 2.05) is 67.8 Å². The highest BCUT2D eigenvalue weighted by Gasteiger charge is 2.21. The molecule has 1 atom stereocenters. The van der Waals surface area contributed by atoms with Crippen molar-refractivity contribution in [1.29, 1.82) is 0 Å². The lowest BCUT2D eigenvalue weighted by atomic mass is 10.1. The first-order valence-electron chi connectivity index (χ1n) is 8.87. The molecule has 0 aliphatic heterocycles. The van der Waals surface area contributed by atoms with Crippen LogP contribution >= 0.6 is 0 Å². The first-order chi connectivity index (χ1) is 12.4. The number of aryl methyl sites for hydroxylation is 1. The Labute approximate surface area is 154 Å². The average Bonchev–Trinajstić information content (AvgIpc) is 3.02. The van der Waals surface area contributed by atoms with Crippen LogP contribution in [0.15, 0.2) is 60.9 Å². The van der Waals surface area contributed by atoms with Crippen molar-refractivity contribution in [3.05, 3.63) is 66.5 Å². The molecular weight excluding hydrogens is 326 g/mol. The maximum absolute atomic E-state index is 12.3. The standard InChI is InChI=1S/C21H25N3O2/c1-21(2,3)26-20(25)23-19(14-13-16-9-5-4-6-10-16)24-15-22-17-11-7-8-12-18(17)24/h4-12,15,19H,13-14H2,1-3H3,(H,23,25). The fraction of sp³-hybridized carbons (Fsp3) is 0.333. The smallest absolute Gasteiger partial charge is 0.409 e. The molecule has 0 aliphatic carbocycles. The van der Waals surface area contributed by atoms with E-state index >= 15 is 0 Å². The number of hydrogen-bond acceptors (Lipinski definition) is 3. The van der Waals surface area contributed by atoms with Crippen LogP contribution in [-0.2, 0) is 11.2 Å². The highest BCUT2D eigenvalue weighted by molar-refractivity contribution is 5.75. The van der Waals surface area contributed by atoms with Gasteiger partial charge >= 0.3 is 6.09 Å². The molecule has 5 heteroatoms. The van der Waals surface area contributed by atoms with E-state index in [4.69, 9.17) is 4.74 Å². The first-order valence-corrected chi connectivity index (χ1v) is 8.87. The molecule has 1 aromatic heterocycles. The summed E-state index contributed by atoms with van der Waals surface area (Å²) in [7, 11) is 0.